The number of carbonyl (C=O) groups excluding carboxylic acids is 2. The normalized spacial score (nSPS) is 20.2. The summed E-state index contributed by atoms with van der Waals surface area (Å²) in [6.07, 6.45) is 4.47. The van der Waals surface area contributed by atoms with E-state index in [1.165, 1.54) is 6.20 Å². The Bertz CT molecular complexity index is 2560. The van der Waals surface area contributed by atoms with Crippen LogP contribution in [0.5, 0.6) is 5.75 Å². The van der Waals surface area contributed by atoms with E-state index in [0.717, 1.165) is 113 Å². The van der Waals surface area contributed by atoms with Crippen LogP contribution in [0.4, 0.5) is 19.0 Å². The molecule has 2 aromatic carbocycles. The van der Waals surface area contributed by atoms with Crippen molar-refractivity contribution in [3.8, 4) is 23.1 Å². The van der Waals surface area contributed by atoms with Gasteiger partial charge in [0.15, 0.2) is 11.5 Å². The van der Waals surface area contributed by atoms with Crippen molar-refractivity contribution in [2.75, 3.05) is 44.2 Å². The number of likely N-dealkylation sites (tertiary alicyclic amines) is 1. The second kappa shape index (κ2) is 18.4. The fraction of sp³-hybridized carbons (Fsp3) is 0.468. The Labute approximate surface area is 374 Å². The molecule has 2 amide bonds. The molecule has 1 aliphatic carbocycles. The first-order chi connectivity index (χ1) is 30.9. The number of hydrogen-bond donors (Lipinski definition) is 1. The summed E-state index contributed by atoms with van der Waals surface area (Å²) in [7, 11) is 0. The maximum Gasteiger partial charge on any atom is 0.433 e. The molecule has 17 heteroatoms. The van der Waals surface area contributed by atoms with Crippen molar-refractivity contribution in [3.05, 3.63) is 94.0 Å². The molecule has 1 saturated carbocycles. The van der Waals surface area contributed by atoms with Crippen LogP contribution in [0.15, 0.2) is 60.8 Å². The van der Waals surface area contributed by atoms with Gasteiger partial charge in [0.05, 0.1) is 28.4 Å². The Balaban J connectivity index is 0.758. The van der Waals surface area contributed by atoms with E-state index >= 15 is 0 Å². The fourth-order valence-electron chi connectivity index (χ4n) is 9.87. The molecule has 3 fully saturated rings. The minimum absolute atomic E-state index is 0.0123. The molecular weight excluding hydrogens is 845 g/mol. The largest absolute Gasteiger partial charge is 0.490 e. The van der Waals surface area contributed by atoms with Crippen LogP contribution in [0.2, 0.25) is 5.02 Å². The van der Waals surface area contributed by atoms with Gasteiger partial charge in [-0.25, -0.2) is 0 Å². The predicted molar refractivity (Wildman–Crippen MR) is 235 cm³/mol. The zero-order chi connectivity index (χ0) is 44.5. The number of halogens is 4. The van der Waals surface area contributed by atoms with Gasteiger partial charge in [-0.2, -0.15) is 23.5 Å². The zero-order valence-corrected chi connectivity index (χ0v) is 36.4. The second-order valence-electron chi connectivity index (χ2n) is 17.6. The Morgan fingerprint density at radius 1 is 0.938 bits per heavy atom. The number of ether oxygens (including phenoxy) is 1. The van der Waals surface area contributed by atoms with Gasteiger partial charge in [-0.3, -0.25) is 19.3 Å². The predicted octanol–water partition coefficient (Wildman–Crippen LogP) is 8.01. The first-order valence-electron chi connectivity index (χ1n) is 22.2. The van der Waals surface area contributed by atoms with Crippen molar-refractivity contribution in [2.24, 2.45) is 5.92 Å². The summed E-state index contributed by atoms with van der Waals surface area (Å²) in [4.78, 5) is 36.0. The molecule has 0 unspecified atom stereocenters. The fourth-order valence-corrected chi connectivity index (χ4v) is 10.1. The van der Waals surface area contributed by atoms with Gasteiger partial charge < -0.3 is 24.8 Å². The van der Waals surface area contributed by atoms with Crippen LogP contribution in [0.1, 0.15) is 97.3 Å². The van der Waals surface area contributed by atoms with Crippen LogP contribution in [0, 0.1) is 17.2 Å². The number of alkyl halides is 3. The molecular formula is C47H50ClF3N10O3. The lowest BCUT2D eigenvalue weighted by molar-refractivity contribution is -0.141. The highest BCUT2D eigenvalue weighted by Gasteiger charge is 2.35. The SMILES string of the molecule is CC(=O)N1CCc2c(c(-c3cccc4cc(C(F)(F)F)ncc34)nn2C2CCN(CC3CCN(c4ccc(C(=O)NC5CCC(Oc6ccc(C#N)c(Cl)c6)CC5)nn4)CC3)CC2)C1. The third kappa shape index (κ3) is 9.37. The first-order valence-corrected chi connectivity index (χ1v) is 22.6. The average Bonchev–Trinajstić information content (AvgIpc) is 3.68. The number of aromatic nitrogens is 5. The zero-order valence-electron chi connectivity index (χ0n) is 35.7. The average molecular weight is 895 g/mol. The van der Waals surface area contributed by atoms with E-state index in [9.17, 15) is 22.8 Å². The van der Waals surface area contributed by atoms with Gasteiger partial charge in [-0.1, -0.05) is 29.8 Å². The van der Waals surface area contributed by atoms with Crippen molar-refractivity contribution in [1.29, 1.82) is 5.26 Å². The van der Waals surface area contributed by atoms with E-state index in [4.69, 9.17) is 26.7 Å². The van der Waals surface area contributed by atoms with E-state index < -0.39 is 11.9 Å². The van der Waals surface area contributed by atoms with Crippen molar-refractivity contribution >= 4 is 40.0 Å². The molecule has 0 spiro atoms. The number of pyridine rings is 1. The maximum atomic E-state index is 13.5. The van der Waals surface area contributed by atoms with Crippen molar-refractivity contribution < 1.29 is 27.5 Å². The topological polar surface area (TPSA) is 145 Å². The highest BCUT2D eigenvalue weighted by Crippen LogP contribution is 2.39. The van der Waals surface area contributed by atoms with Crippen molar-refractivity contribution in [3.63, 3.8) is 0 Å². The van der Waals surface area contributed by atoms with Crippen LogP contribution in [-0.2, 0) is 23.9 Å². The van der Waals surface area contributed by atoms with Crippen molar-refractivity contribution in [2.45, 2.75) is 95.6 Å². The maximum absolute atomic E-state index is 13.5. The number of carbonyl (C=O) groups is 2. The summed E-state index contributed by atoms with van der Waals surface area (Å²) in [5.41, 5.74) is 3.27. The number of rotatable bonds is 9. The number of nitrogens with zero attached hydrogens (tertiary/aromatic N) is 9. The summed E-state index contributed by atoms with van der Waals surface area (Å²) < 4.78 is 48.8. The summed E-state index contributed by atoms with van der Waals surface area (Å²) in [5.74, 6) is 1.71. The molecule has 64 heavy (non-hydrogen) atoms. The molecule has 5 aromatic rings. The number of fused-ring (bicyclic) bond motifs is 2. The summed E-state index contributed by atoms with van der Waals surface area (Å²) in [5, 5.41) is 27.6. The second-order valence-corrected chi connectivity index (χ2v) is 18.0. The van der Waals surface area contributed by atoms with Crippen LogP contribution in [0.3, 0.4) is 0 Å². The van der Waals surface area contributed by atoms with Crippen LogP contribution >= 0.6 is 11.6 Å². The highest BCUT2D eigenvalue weighted by molar-refractivity contribution is 6.31. The molecule has 334 valence electrons. The number of anilines is 1. The number of nitriles is 1. The van der Waals surface area contributed by atoms with E-state index in [1.54, 1.807) is 43.3 Å². The van der Waals surface area contributed by atoms with E-state index in [2.05, 4.69) is 41.0 Å². The molecule has 13 nitrogen and oxygen atoms in total. The quantitative estimate of drug-likeness (QED) is 0.155. The van der Waals surface area contributed by atoms with Gasteiger partial charge in [0.1, 0.15) is 17.5 Å². The molecule has 4 aliphatic rings. The molecule has 3 aliphatic heterocycles. The molecule has 2 saturated heterocycles. The minimum atomic E-state index is -4.55. The monoisotopic (exact) mass is 894 g/mol. The van der Waals surface area contributed by atoms with E-state index in [-0.39, 0.29) is 30.0 Å². The molecule has 0 radical (unpaired) electrons. The van der Waals surface area contributed by atoms with Crippen LogP contribution < -0.4 is 15.0 Å². The van der Waals surface area contributed by atoms with Gasteiger partial charge >= 0.3 is 6.18 Å². The molecule has 6 heterocycles. The van der Waals surface area contributed by atoms with Crippen molar-refractivity contribution in [1.82, 2.24) is 40.1 Å². The van der Waals surface area contributed by atoms with E-state index in [1.807, 2.05) is 17.0 Å². The number of nitrogens with one attached hydrogen (secondary N) is 1. The van der Waals surface area contributed by atoms with E-state index in [0.29, 0.717) is 63.9 Å². The Hall–Kier alpha value is -5.79. The van der Waals surface area contributed by atoms with Gasteiger partial charge in [0.2, 0.25) is 5.91 Å². The summed E-state index contributed by atoms with van der Waals surface area (Å²) >= 11 is 6.16. The lowest BCUT2D eigenvalue weighted by atomic mass is 9.92. The molecule has 0 atom stereocenters. The molecule has 3 aromatic heterocycles. The third-order valence-corrected chi connectivity index (χ3v) is 13.8. The molecule has 9 rings (SSSR count). The third-order valence-electron chi connectivity index (χ3n) is 13.5. The minimum Gasteiger partial charge on any atom is -0.490 e. The highest BCUT2D eigenvalue weighted by atomic mass is 35.5. The lowest BCUT2D eigenvalue weighted by Crippen LogP contribution is -2.42. The summed E-state index contributed by atoms with van der Waals surface area (Å²) in [6.45, 7) is 7.18. The Morgan fingerprint density at radius 2 is 1.72 bits per heavy atom. The Morgan fingerprint density at radius 3 is 2.41 bits per heavy atom. The number of hydrogen-bond acceptors (Lipinski definition) is 10. The first kappa shape index (κ1) is 43.5. The number of piperidine rings is 2. The standard InChI is InChI=1S/C47H50ClF3N10O3/c1-29(62)60-22-17-42-39(28-60)45(37-4-2-3-31-23-43(47(49,50)51)53-26-38(31)37)57-61(42)34-15-18-58(19-16-34)27-30-13-20-59(21-14-30)44-12-11-41(55-56-44)46(63)54-33-6-9-35(10-7-33)64-36-8-5-32(25-52)40(48)24-36/h2-5,8,11-12,23-24,26,30,33-35H,6-7,9-10,13-22,27-28H2,1H3,(H,54,63). The Kier molecular flexibility index (Phi) is 12.5. The van der Waals surface area contributed by atoms with Gasteiger partial charge in [0, 0.05) is 99.7 Å². The van der Waals surface area contributed by atoms with Gasteiger partial charge in [0.25, 0.3) is 5.91 Å². The van der Waals surface area contributed by atoms with Gasteiger partial charge in [-0.15, -0.1) is 10.2 Å². The summed E-state index contributed by atoms with van der Waals surface area (Å²) in [6, 6.07) is 17.4. The lowest BCUT2D eigenvalue weighted by Gasteiger charge is -2.38. The van der Waals surface area contributed by atoms with Gasteiger partial charge in [-0.05, 0) is 93.0 Å². The van der Waals surface area contributed by atoms with Crippen LogP contribution in [0.25, 0.3) is 22.0 Å². The van der Waals surface area contributed by atoms with Crippen LogP contribution in [-0.4, -0.2) is 98.0 Å². The number of amides is 2. The molecule has 0 bridgehead atoms. The number of benzene rings is 2. The molecule has 1 N–H and O–H groups in total. The smallest absolute Gasteiger partial charge is 0.433 e.